The highest BCUT2D eigenvalue weighted by atomic mass is 16.5. The van der Waals surface area contributed by atoms with E-state index in [4.69, 9.17) is 10.5 Å². The van der Waals surface area contributed by atoms with Crippen molar-refractivity contribution in [2.45, 2.75) is 57.7 Å². The van der Waals surface area contributed by atoms with Crippen LogP contribution in [0.25, 0.3) is 0 Å². The fourth-order valence-corrected chi connectivity index (χ4v) is 3.17. The van der Waals surface area contributed by atoms with E-state index in [0.717, 1.165) is 50.8 Å². The lowest BCUT2D eigenvalue weighted by atomic mass is 9.90. The Morgan fingerprint density at radius 3 is 2.57 bits per heavy atom. The van der Waals surface area contributed by atoms with Gasteiger partial charge in [-0.1, -0.05) is 13.0 Å². The molecule has 1 aromatic carbocycles. The lowest BCUT2D eigenvalue weighted by molar-refractivity contribution is 0.141. The van der Waals surface area contributed by atoms with Crippen LogP contribution in [0.2, 0.25) is 0 Å². The summed E-state index contributed by atoms with van der Waals surface area (Å²) in [7, 11) is 1.61. The molecule has 3 N–H and O–H groups in total. The summed E-state index contributed by atoms with van der Waals surface area (Å²) < 4.78 is 5.14. The minimum atomic E-state index is 0.322. The van der Waals surface area contributed by atoms with Crippen LogP contribution >= 0.6 is 0 Å². The number of aromatic hydroxyl groups is 1. The molecule has 0 amide bonds. The van der Waals surface area contributed by atoms with Crippen LogP contribution < -0.4 is 10.5 Å². The van der Waals surface area contributed by atoms with E-state index in [2.05, 4.69) is 11.8 Å². The predicted molar refractivity (Wildman–Crippen MR) is 85.6 cm³/mol. The average molecular weight is 292 g/mol. The van der Waals surface area contributed by atoms with Gasteiger partial charge in [-0.3, -0.25) is 4.90 Å². The molecule has 118 valence electrons. The first-order valence-corrected chi connectivity index (χ1v) is 7.99. The van der Waals surface area contributed by atoms with Crippen molar-refractivity contribution in [3.8, 4) is 11.5 Å². The standard InChI is InChI=1S/C17H28N2O2/c1-3-10-19(15-7-5-14(18)6-8-15)12-13-4-9-16(21-2)11-17(13)20/h4,9,11,14-15,20H,3,5-8,10,12,18H2,1-2H3. The summed E-state index contributed by atoms with van der Waals surface area (Å²) in [5.41, 5.74) is 6.98. The number of rotatable bonds is 6. The third-order valence-corrected chi connectivity index (χ3v) is 4.43. The molecule has 21 heavy (non-hydrogen) atoms. The van der Waals surface area contributed by atoms with E-state index in [9.17, 15) is 5.11 Å². The number of methoxy groups -OCH3 is 1. The Morgan fingerprint density at radius 2 is 2.00 bits per heavy atom. The molecule has 0 heterocycles. The minimum absolute atomic E-state index is 0.322. The quantitative estimate of drug-likeness (QED) is 0.846. The molecule has 2 rings (SSSR count). The molecule has 0 aromatic heterocycles. The molecule has 1 aromatic rings. The predicted octanol–water partition coefficient (Wildman–Crippen LogP) is 2.88. The van der Waals surface area contributed by atoms with Crippen molar-refractivity contribution in [3.05, 3.63) is 23.8 Å². The summed E-state index contributed by atoms with van der Waals surface area (Å²) in [5, 5.41) is 10.2. The van der Waals surface area contributed by atoms with Gasteiger partial charge in [-0.25, -0.2) is 0 Å². The number of nitrogens with two attached hydrogens (primary N) is 1. The second-order valence-corrected chi connectivity index (χ2v) is 6.03. The number of nitrogens with zero attached hydrogens (tertiary/aromatic N) is 1. The number of hydrogen-bond donors (Lipinski definition) is 2. The van der Waals surface area contributed by atoms with Crippen molar-refractivity contribution in [2.24, 2.45) is 5.73 Å². The summed E-state index contributed by atoms with van der Waals surface area (Å²) >= 11 is 0. The van der Waals surface area contributed by atoms with E-state index < -0.39 is 0 Å². The number of ether oxygens (including phenoxy) is 1. The zero-order valence-corrected chi connectivity index (χ0v) is 13.2. The summed E-state index contributed by atoms with van der Waals surface area (Å²) in [5.74, 6) is 1.02. The molecule has 1 aliphatic rings. The Kier molecular flexibility index (Phi) is 5.88. The largest absolute Gasteiger partial charge is 0.507 e. The molecule has 1 fully saturated rings. The molecule has 0 atom stereocenters. The Labute approximate surface area is 127 Å². The van der Waals surface area contributed by atoms with Crippen LogP contribution in [0.4, 0.5) is 0 Å². The molecule has 1 aliphatic carbocycles. The van der Waals surface area contributed by atoms with Crippen LogP contribution in [0.3, 0.4) is 0 Å². The molecule has 4 nitrogen and oxygen atoms in total. The molecule has 0 aliphatic heterocycles. The van der Waals surface area contributed by atoms with Gasteiger partial charge in [0.2, 0.25) is 0 Å². The van der Waals surface area contributed by atoms with Gasteiger partial charge in [0.15, 0.2) is 0 Å². The summed E-state index contributed by atoms with van der Waals surface area (Å²) in [6, 6.07) is 6.53. The highest BCUT2D eigenvalue weighted by Crippen LogP contribution is 2.28. The summed E-state index contributed by atoms with van der Waals surface area (Å²) in [6.07, 6.45) is 5.68. The molecular weight excluding hydrogens is 264 g/mol. The third-order valence-electron chi connectivity index (χ3n) is 4.43. The van der Waals surface area contributed by atoms with Crippen molar-refractivity contribution < 1.29 is 9.84 Å². The average Bonchev–Trinajstić information content (AvgIpc) is 2.49. The fourth-order valence-electron chi connectivity index (χ4n) is 3.17. The Hall–Kier alpha value is -1.26. The van der Waals surface area contributed by atoms with Gasteiger partial charge in [0.1, 0.15) is 11.5 Å². The first-order valence-electron chi connectivity index (χ1n) is 7.99. The zero-order valence-electron chi connectivity index (χ0n) is 13.2. The highest BCUT2D eigenvalue weighted by Gasteiger charge is 2.24. The molecule has 0 spiro atoms. The van der Waals surface area contributed by atoms with Crippen molar-refractivity contribution in [2.75, 3.05) is 13.7 Å². The normalized spacial score (nSPS) is 22.5. The van der Waals surface area contributed by atoms with Crippen LogP contribution in [-0.2, 0) is 6.54 Å². The van der Waals surface area contributed by atoms with Gasteiger partial charge in [0.05, 0.1) is 7.11 Å². The Balaban J connectivity index is 2.05. The first-order chi connectivity index (χ1) is 10.1. The van der Waals surface area contributed by atoms with E-state index in [0.29, 0.717) is 23.6 Å². The molecule has 4 heteroatoms. The minimum Gasteiger partial charge on any atom is -0.507 e. The molecule has 0 saturated heterocycles. The van der Waals surface area contributed by atoms with Crippen molar-refractivity contribution >= 4 is 0 Å². The van der Waals surface area contributed by atoms with Crippen LogP contribution in [-0.4, -0.2) is 35.7 Å². The smallest absolute Gasteiger partial charge is 0.123 e. The Morgan fingerprint density at radius 1 is 1.29 bits per heavy atom. The maximum Gasteiger partial charge on any atom is 0.123 e. The summed E-state index contributed by atoms with van der Waals surface area (Å²) in [4.78, 5) is 2.49. The van der Waals surface area contributed by atoms with Gasteiger partial charge < -0.3 is 15.6 Å². The van der Waals surface area contributed by atoms with E-state index in [1.807, 2.05) is 12.1 Å². The SMILES string of the molecule is CCCN(Cc1ccc(OC)cc1O)C1CCC(N)CC1. The topological polar surface area (TPSA) is 58.7 Å². The number of phenols is 1. The van der Waals surface area contributed by atoms with Gasteiger partial charge in [-0.05, 0) is 44.7 Å². The van der Waals surface area contributed by atoms with E-state index in [1.54, 1.807) is 13.2 Å². The lowest BCUT2D eigenvalue weighted by Crippen LogP contribution is -2.40. The molecule has 1 saturated carbocycles. The van der Waals surface area contributed by atoms with Gasteiger partial charge in [-0.2, -0.15) is 0 Å². The molecule has 0 radical (unpaired) electrons. The molecule has 0 bridgehead atoms. The Bertz CT molecular complexity index is 442. The van der Waals surface area contributed by atoms with Crippen molar-refractivity contribution in [1.29, 1.82) is 0 Å². The zero-order chi connectivity index (χ0) is 15.2. The highest BCUT2D eigenvalue weighted by molar-refractivity contribution is 5.39. The van der Waals surface area contributed by atoms with E-state index >= 15 is 0 Å². The van der Waals surface area contributed by atoms with Gasteiger partial charge >= 0.3 is 0 Å². The van der Waals surface area contributed by atoms with Crippen molar-refractivity contribution in [3.63, 3.8) is 0 Å². The van der Waals surface area contributed by atoms with Crippen LogP contribution in [0.1, 0.15) is 44.6 Å². The van der Waals surface area contributed by atoms with Crippen LogP contribution in [0.15, 0.2) is 18.2 Å². The van der Waals surface area contributed by atoms with Gasteiger partial charge in [0.25, 0.3) is 0 Å². The van der Waals surface area contributed by atoms with E-state index in [1.165, 1.54) is 0 Å². The second kappa shape index (κ2) is 7.66. The number of benzene rings is 1. The maximum absolute atomic E-state index is 10.2. The lowest BCUT2D eigenvalue weighted by Gasteiger charge is -2.36. The molecule has 0 unspecified atom stereocenters. The van der Waals surface area contributed by atoms with Crippen LogP contribution in [0, 0.1) is 0 Å². The fraction of sp³-hybridized carbons (Fsp3) is 0.647. The monoisotopic (exact) mass is 292 g/mol. The summed E-state index contributed by atoms with van der Waals surface area (Å²) in [6.45, 7) is 4.06. The first kappa shape index (κ1) is 16.1. The maximum atomic E-state index is 10.2. The second-order valence-electron chi connectivity index (χ2n) is 6.03. The number of hydrogen-bond acceptors (Lipinski definition) is 4. The van der Waals surface area contributed by atoms with Gasteiger partial charge in [0, 0.05) is 30.3 Å². The molecular formula is C17H28N2O2. The third kappa shape index (κ3) is 4.35. The van der Waals surface area contributed by atoms with E-state index in [-0.39, 0.29) is 0 Å². The van der Waals surface area contributed by atoms with Crippen LogP contribution in [0.5, 0.6) is 11.5 Å². The van der Waals surface area contributed by atoms with Crippen molar-refractivity contribution in [1.82, 2.24) is 4.90 Å². The van der Waals surface area contributed by atoms with Gasteiger partial charge in [-0.15, -0.1) is 0 Å². The number of phenolic OH excluding ortho intramolecular Hbond substituents is 1.